The van der Waals surface area contributed by atoms with Crippen molar-refractivity contribution >= 4 is 16.5 Å². The lowest BCUT2D eigenvalue weighted by Gasteiger charge is -2.18. The van der Waals surface area contributed by atoms with Crippen molar-refractivity contribution in [2.45, 2.75) is 6.42 Å². The van der Waals surface area contributed by atoms with Crippen LogP contribution >= 0.6 is 0 Å². The molecular weight excluding hydrogens is 272 g/mol. The topological polar surface area (TPSA) is 25.4 Å². The lowest BCUT2D eigenvalue weighted by atomic mass is 9.96. The fourth-order valence-electron chi connectivity index (χ4n) is 3.35. The molecule has 3 heteroatoms. The van der Waals surface area contributed by atoms with E-state index in [0.717, 1.165) is 18.7 Å². The zero-order chi connectivity index (χ0) is 15.1. The van der Waals surface area contributed by atoms with Crippen LogP contribution in [0.2, 0.25) is 0 Å². The van der Waals surface area contributed by atoms with Gasteiger partial charge in [0.25, 0.3) is 0 Å². The summed E-state index contributed by atoms with van der Waals surface area (Å²) in [5.74, 6) is 0.881. The van der Waals surface area contributed by atoms with E-state index >= 15 is 0 Å². The van der Waals surface area contributed by atoms with E-state index in [9.17, 15) is 0 Å². The predicted octanol–water partition coefficient (Wildman–Crippen LogP) is 3.90. The van der Waals surface area contributed by atoms with Crippen LogP contribution in [0.3, 0.4) is 0 Å². The molecule has 2 heterocycles. The summed E-state index contributed by atoms with van der Waals surface area (Å²) in [6.07, 6.45) is 5.03. The van der Waals surface area contributed by atoms with Gasteiger partial charge < -0.3 is 9.64 Å². The molecule has 0 radical (unpaired) electrons. The van der Waals surface area contributed by atoms with E-state index in [4.69, 9.17) is 4.74 Å². The Morgan fingerprint density at radius 3 is 2.82 bits per heavy atom. The highest BCUT2D eigenvalue weighted by molar-refractivity contribution is 6.01. The first-order chi connectivity index (χ1) is 10.8. The van der Waals surface area contributed by atoms with Crippen LogP contribution in [0.5, 0.6) is 5.75 Å². The molecule has 110 valence electrons. The molecule has 0 saturated carbocycles. The second-order valence-corrected chi connectivity index (χ2v) is 5.76. The summed E-state index contributed by atoms with van der Waals surface area (Å²) in [6.45, 7) is 1.05. The molecule has 3 aromatic rings. The number of nitrogens with zero attached hydrogens (tertiary/aromatic N) is 2. The van der Waals surface area contributed by atoms with Gasteiger partial charge in [-0.3, -0.25) is 4.98 Å². The molecule has 0 atom stereocenters. The van der Waals surface area contributed by atoms with E-state index < -0.39 is 0 Å². The average molecular weight is 290 g/mol. The van der Waals surface area contributed by atoms with E-state index in [0.29, 0.717) is 0 Å². The Hall–Kier alpha value is -2.55. The van der Waals surface area contributed by atoms with Crippen LogP contribution in [0.25, 0.3) is 21.9 Å². The second-order valence-electron chi connectivity index (χ2n) is 5.76. The van der Waals surface area contributed by atoms with Crippen molar-refractivity contribution in [1.29, 1.82) is 0 Å². The molecule has 0 aliphatic carbocycles. The standard InChI is InChI=1S/C19H18N2O/c1-21-8-7-14-11-20-12-18(19(14)21)17-10-15(22-2)9-13-5-3-4-6-16(13)17/h3-6,9-12H,7-8H2,1-2H3. The van der Waals surface area contributed by atoms with Crippen LogP contribution < -0.4 is 9.64 Å². The Bertz CT molecular complexity index is 857. The molecule has 1 aromatic heterocycles. The molecule has 2 aromatic carbocycles. The first-order valence-corrected chi connectivity index (χ1v) is 7.53. The van der Waals surface area contributed by atoms with Crippen molar-refractivity contribution < 1.29 is 4.74 Å². The Morgan fingerprint density at radius 2 is 1.95 bits per heavy atom. The van der Waals surface area contributed by atoms with Gasteiger partial charge in [0.05, 0.1) is 12.8 Å². The van der Waals surface area contributed by atoms with Crippen molar-refractivity contribution in [2.24, 2.45) is 0 Å². The summed E-state index contributed by atoms with van der Waals surface area (Å²) in [6, 6.07) is 12.6. The van der Waals surface area contributed by atoms with Crippen molar-refractivity contribution in [3.63, 3.8) is 0 Å². The van der Waals surface area contributed by atoms with Crippen LogP contribution in [-0.2, 0) is 6.42 Å². The summed E-state index contributed by atoms with van der Waals surface area (Å²) in [7, 11) is 3.87. The fourth-order valence-corrected chi connectivity index (χ4v) is 3.35. The highest BCUT2D eigenvalue weighted by Gasteiger charge is 2.21. The zero-order valence-corrected chi connectivity index (χ0v) is 12.8. The third-order valence-electron chi connectivity index (χ3n) is 4.45. The molecule has 0 bridgehead atoms. The third-order valence-corrected chi connectivity index (χ3v) is 4.45. The van der Waals surface area contributed by atoms with Crippen molar-refractivity contribution in [2.75, 3.05) is 25.6 Å². The highest BCUT2D eigenvalue weighted by atomic mass is 16.5. The van der Waals surface area contributed by atoms with Gasteiger partial charge in [-0.15, -0.1) is 0 Å². The number of anilines is 1. The van der Waals surface area contributed by atoms with Gasteiger partial charge >= 0.3 is 0 Å². The minimum atomic E-state index is 0.881. The number of pyridine rings is 1. The fraction of sp³-hybridized carbons (Fsp3) is 0.211. The average Bonchev–Trinajstić information content (AvgIpc) is 2.95. The number of ether oxygens (including phenoxy) is 1. The number of likely N-dealkylation sites (N-methyl/N-ethyl adjacent to an activating group) is 1. The van der Waals surface area contributed by atoms with E-state index in [1.165, 1.54) is 33.2 Å². The number of aromatic nitrogens is 1. The Balaban J connectivity index is 2.05. The summed E-state index contributed by atoms with van der Waals surface area (Å²) in [5.41, 5.74) is 5.00. The number of benzene rings is 2. The highest BCUT2D eigenvalue weighted by Crippen LogP contribution is 2.41. The van der Waals surface area contributed by atoms with E-state index in [2.05, 4.69) is 53.3 Å². The first kappa shape index (κ1) is 13.1. The number of hydrogen-bond acceptors (Lipinski definition) is 3. The minimum Gasteiger partial charge on any atom is -0.497 e. The monoisotopic (exact) mass is 290 g/mol. The zero-order valence-electron chi connectivity index (χ0n) is 12.8. The normalized spacial score (nSPS) is 13.5. The molecule has 0 amide bonds. The smallest absolute Gasteiger partial charge is 0.120 e. The SMILES string of the molecule is COc1cc(-c2cncc3c2N(C)CC3)c2ccccc2c1. The van der Waals surface area contributed by atoms with Gasteiger partial charge in [0, 0.05) is 31.5 Å². The van der Waals surface area contributed by atoms with Gasteiger partial charge in [0.2, 0.25) is 0 Å². The molecule has 0 spiro atoms. The number of fused-ring (bicyclic) bond motifs is 2. The third kappa shape index (κ3) is 1.93. The lowest BCUT2D eigenvalue weighted by Crippen LogP contribution is -2.13. The van der Waals surface area contributed by atoms with Gasteiger partial charge in [-0.25, -0.2) is 0 Å². The second kappa shape index (κ2) is 5.02. The van der Waals surface area contributed by atoms with Gasteiger partial charge in [-0.05, 0) is 40.5 Å². The number of rotatable bonds is 2. The Morgan fingerprint density at radius 1 is 1.09 bits per heavy atom. The maximum Gasteiger partial charge on any atom is 0.120 e. The lowest BCUT2D eigenvalue weighted by molar-refractivity contribution is 0.415. The molecule has 0 unspecified atom stereocenters. The number of hydrogen-bond donors (Lipinski definition) is 0. The Kier molecular flexibility index (Phi) is 3.00. The van der Waals surface area contributed by atoms with E-state index in [1.54, 1.807) is 7.11 Å². The molecule has 4 rings (SSSR count). The van der Waals surface area contributed by atoms with Crippen LogP contribution in [0.1, 0.15) is 5.56 Å². The summed E-state index contributed by atoms with van der Waals surface area (Å²) >= 11 is 0. The van der Waals surface area contributed by atoms with Gasteiger partial charge in [0.15, 0.2) is 0 Å². The molecule has 0 fully saturated rings. The quantitative estimate of drug-likeness (QED) is 0.715. The maximum absolute atomic E-state index is 5.50. The van der Waals surface area contributed by atoms with Gasteiger partial charge in [0.1, 0.15) is 5.75 Å². The first-order valence-electron chi connectivity index (χ1n) is 7.53. The van der Waals surface area contributed by atoms with Crippen LogP contribution in [0.15, 0.2) is 48.8 Å². The minimum absolute atomic E-state index is 0.881. The molecule has 1 aliphatic rings. The van der Waals surface area contributed by atoms with Crippen molar-refractivity contribution in [3.05, 3.63) is 54.4 Å². The molecule has 1 aliphatic heterocycles. The largest absolute Gasteiger partial charge is 0.497 e. The summed E-state index contributed by atoms with van der Waals surface area (Å²) < 4.78 is 5.50. The Labute approximate surface area is 130 Å². The molecule has 22 heavy (non-hydrogen) atoms. The van der Waals surface area contributed by atoms with Crippen molar-refractivity contribution in [3.8, 4) is 16.9 Å². The van der Waals surface area contributed by atoms with Gasteiger partial charge in [-0.1, -0.05) is 24.3 Å². The van der Waals surface area contributed by atoms with E-state index in [1.807, 2.05) is 12.4 Å². The summed E-state index contributed by atoms with van der Waals surface area (Å²) in [5, 5.41) is 2.42. The molecule has 0 N–H and O–H groups in total. The van der Waals surface area contributed by atoms with Crippen LogP contribution in [0.4, 0.5) is 5.69 Å². The summed E-state index contributed by atoms with van der Waals surface area (Å²) in [4.78, 5) is 6.78. The van der Waals surface area contributed by atoms with Gasteiger partial charge in [-0.2, -0.15) is 0 Å². The molecule has 3 nitrogen and oxygen atoms in total. The van der Waals surface area contributed by atoms with Crippen LogP contribution in [0, 0.1) is 0 Å². The van der Waals surface area contributed by atoms with Crippen LogP contribution in [-0.4, -0.2) is 25.7 Å². The molecule has 0 saturated heterocycles. The molecular formula is C19H18N2O. The maximum atomic E-state index is 5.50. The van der Waals surface area contributed by atoms with E-state index in [-0.39, 0.29) is 0 Å². The van der Waals surface area contributed by atoms with Crippen molar-refractivity contribution in [1.82, 2.24) is 4.98 Å². The number of methoxy groups -OCH3 is 1. The predicted molar refractivity (Wildman–Crippen MR) is 90.7 cm³/mol.